The summed E-state index contributed by atoms with van der Waals surface area (Å²) in [6.45, 7) is 4.68. The highest BCUT2D eigenvalue weighted by Gasteiger charge is 2.39. The SMILES string of the molecule is Cn1cc(C[C@H]2[C@H](N3CCOCC3)CCN2c2ncccn2)cn1.O=C(O)C(F)(F)F. The van der Waals surface area contributed by atoms with Crippen molar-refractivity contribution in [3.63, 3.8) is 0 Å². The molecule has 2 aliphatic heterocycles. The monoisotopic (exact) mass is 442 g/mol. The molecule has 2 aromatic heterocycles. The van der Waals surface area contributed by atoms with Crippen molar-refractivity contribution in [2.45, 2.75) is 31.1 Å². The van der Waals surface area contributed by atoms with Gasteiger partial charge in [-0.2, -0.15) is 18.3 Å². The fraction of sp³-hybridized carbons (Fsp3) is 0.579. The second-order valence-electron chi connectivity index (χ2n) is 7.34. The fourth-order valence-corrected chi connectivity index (χ4v) is 3.93. The van der Waals surface area contributed by atoms with Gasteiger partial charge in [0, 0.05) is 51.3 Å². The Bertz CT molecular complexity index is 842. The molecule has 2 saturated heterocycles. The molecular formula is C19H25F3N6O3. The highest BCUT2D eigenvalue weighted by atomic mass is 19.4. The number of anilines is 1. The lowest BCUT2D eigenvalue weighted by atomic mass is 10.0. The number of morpholine rings is 1. The molecule has 9 nitrogen and oxygen atoms in total. The van der Waals surface area contributed by atoms with E-state index in [2.05, 4.69) is 31.1 Å². The van der Waals surface area contributed by atoms with E-state index in [9.17, 15) is 13.2 Å². The third-order valence-corrected chi connectivity index (χ3v) is 5.28. The number of aliphatic carboxylic acids is 1. The first-order chi connectivity index (χ1) is 14.8. The zero-order valence-electron chi connectivity index (χ0n) is 17.1. The molecule has 0 radical (unpaired) electrons. The summed E-state index contributed by atoms with van der Waals surface area (Å²) >= 11 is 0. The maximum Gasteiger partial charge on any atom is 0.490 e. The van der Waals surface area contributed by atoms with E-state index >= 15 is 0 Å². The topological polar surface area (TPSA) is 96.6 Å². The highest BCUT2D eigenvalue weighted by molar-refractivity contribution is 5.73. The van der Waals surface area contributed by atoms with Gasteiger partial charge in [0.2, 0.25) is 5.95 Å². The third kappa shape index (κ3) is 6.14. The van der Waals surface area contributed by atoms with Crippen molar-refractivity contribution in [3.8, 4) is 0 Å². The van der Waals surface area contributed by atoms with Gasteiger partial charge in [-0.1, -0.05) is 0 Å². The molecule has 170 valence electrons. The number of hydrogen-bond acceptors (Lipinski definition) is 7. The van der Waals surface area contributed by atoms with Gasteiger partial charge in [0.1, 0.15) is 0 Å². The fourth-order valence-electron chi connectivity index (χ4n) is 3.93. The van der Waals surface area contributed by atoms with Crippen LogP contribution in [0.15, 0.2) is 30.9 Å². The molecule has 0 aromatic carbocycles. The Kier molecular flexibility index (Phi) is 7.44. The number of carboxylic acid groups (broad SMARTS) is 1. The molecular weight excluding hydrogens is 417 g/mol. The molecule has 0 amide bonds. The molecule has 2 aliphatic rings. The van der Waals surface area contributed by atoms with E-state index in [0.717, 1.165) is 51.6 Å². The van der Waals surface area contributed by atoms with Gasteiger partial charge in [0.05, 0.1) is 25.5 Å². The van der Waals surface area contributed by atoms with Crippen LogP contribution in [0, 0.1) is 0 Å². The largest absolute Gasteiger partial charge is 0.490 e. The van der Waals surface area contributed by atoms with E-state index in [1.54, 1.807) is 0 Å². The van der Waals surface area contributed by atoms with Gasteiger partial charge in [-0.05, 0) is 24.5 Å². The molecule has 0 spiro atoms. The zero-order chi connectivity index (χ0) is 22.4. The summed E-state index contributed by atoms with van der Waals surface area (Å²) in [7, 11) is 1.97. The lowest BCUT2D eigenvalue weighted by Crippen LogP contribution is -2.50. The summed E-state index contributed by atoms with van der Waals surface area (Å²) in [5.41, 5.74) is 1.27. The van der Waals surface area contributed by atoms with Crippen molar-refractivity contribution in [3.05, 3.63) is 36.4 Å². The first-order valence-electron chi connectivity index (χ1n) is 9.89. The second-order valence-corrected chi connectivity index (χ2v) is 7.34. The van der Waals surface area contributed by atoms with Crippen LogP contribution in [0.4, 0.5) is 19.1 Å². The van der Waals surface area contributed by atoms with Crippen molar-refractivity contribution >= 4 is 11.9 Å². The number of rotatable bonds is 4. The molecule has 0 bridgehead atoms. The van der Waals surface area contributed by atoms with Crippen LogP contribution in [0.5, 0.6) is 0 Å². The Morgan fingerprint density at radius 2 is 1.87 bits per heavy atom. The zero-order valence-corrected chi connectivity index (χ0v) is 17.1. The molecule has 4 heterocycles. The Hall–Kier alpha value is -2.73. The number of alkyl halides is 3. The molecule has 1 N–H and O–H groups in total. The molecule has 0 saturated carbocycles. The number of hydrogen-bond donors (Lipinski definition) is 1. The van der Waals surface area contributed by atoms with E-state index in [-0.39, 0.29) is 0 Å². The summed E-state index contributed by atoms with van der Waals surface area (Å²) < 4.78 is 39.1. The van der Waals surface area contributed by atoms with Gasteiger partial charge in [0.25, 0.3) is 0 Å². The van der Waals surface area contributed by atoms with Gasteiger partial charge in [0.15, 0.2) is 0 Å². The Balaban J connectivity index is 0.000000339. The minimum atomic E-state index is -5.08. The first kappa shape index (κ1) is 22.9. The van der Waals surface area contributed by atoms with Crippen molar-refractivity contribution in [2.75, 3.05) is 37.7 Å². The maximum absolute atomic E-state index is 10.6. The Morgan fingerprint density at radius 1 is 1.23 bits per heavy atom. The van der Waals surface area contributed by atoms with E-state index < -0.39 is 12.1 Å². The Labute approximate surface area is 177 Å². The molecule has 2 aromatic rings. The van der Waals surface area contributed by atoms with Crippen molar-refractivity contribution < 1.29 is 27.8 Å². The van der Waals surface area contributed by atoms with Crippen LogP contribution in [-0.4, -0.2) is 86.8 Å². The average Bonchev–Trinajstić information content (AvgIpc) is 3.35. The summed E-state index contributed by atoms with van der Waals surface area (Å²) in [6, 6.07) is 2.75. The number of aromatic nitrogens is 4. The van der Waals surface area contributed by atoms with E-state index in [1.165, 1.54) is 5.56 Å². The maximum atomic E-state index is 10.6. The van der Waals surface area contributed by atoms with Crippen LogP contribution in [0.3, 0.4) is 0 Å². The van der Waals surface area contributed by atoms with E-state index in [0.29, 0.717) is 12.1 Å². The molecule has 2 atom stereocenters. The van der Waals surface area contributed by atoms with Crippen LogP contribution < -0.4 is 4.90 Å². The van der Waals surface area contributed by atoms with Crippen LogP contribution >= 0.6 is 0 Å². The van der Waals surface area contributed by atoms with Crippen molar-refractivity contribution in [1.82, 2.24) is 24.6 Å². The van der Waals surface area contributed by atoms with E-state index in [4.69, 9.17) is 14.6 Å². The lowest BCUT2D eigenvalue weighted by Gasteiger charge is -2.37. The smallest absolute Gasteiger partial charge is 0.475 e. The van der Waals surface area contributed by atoms with Gasteiger partial charge in [-0.25, -0.2) is 14.8 Å². The van der Waals surface area contributed by atoms with Gasteiger partial charge < -0.3 is 14.7 Å². The number of ether oxygens (including phenoxy) is 1. The number of carbonyl (C=O) groups is 1. The predicted octanol–water partition coefficient (Wildman–Crippen LogP) is 1.37. The number of nitrogens with zero attached hydrogens (tertiary/aromatic N) is 6. The quantitative estimate of drug-likeness (QED) is 0.759. The summed E-state index contributed by atoms with van der Waals surface area (Å²) in [5.74, 6) is -1.92. The number of aryl methyl sites for hydroxylation is 1. The summed E-state index contributed by atoms with van der Waals surface area (Å²) in [6.07, 6.45) is 4.76. The normalized spacial score (nSPS) is 22.1. The summed E-state index contributed by atoms with van der Waals surface area (Å²) in [5, 5.41) is 11.5. The van der Waals surface area contributed by atoms with Crippen LogP contribution in [0.1, 0.15) is 12.0 Å². The molecule has 2 fully saturated rings. The average molecular weight is 442 g/mol. The van der Waals surface area contributed by atoms with Crippen LogP contribution in [0.2, 0.25) is 0 Å². The highest BCUT2D eigenvalue weighted by Crippen LogP contribution is 2.29. The van der Waals surface area contributed by atoms with Crippen LogP contribution in [-0.2, 0) is 23.0 Å². The van der Waals surface area contributed by atoms with Crippen LogP contribution in [0.25, 0.3) is 0 Å². The van der Waals surface area contributed by atoms with E-state index in [1.807, 2.05) is 36.4 Å². The minimum absolute atomic E-state index is 0.370. The molecule has 12 heteroatoms. The number of carboxylic acids is 1. The second kappa shape index (κ2) is 10.1. The first-order valence-corrected chi connectivity index (χ1v) is 9.89. The van der Waals surface area contributed by atoms with Crippen molar-refractivity contribution in [2.24, 2.45) is 7.05 Å². The molecule has 0 unspecified atom stereocenters. The van der Waals surface area contributed by atoms with Gasteiger partial charge in [-0.15, -0.1) is 0 Å². The number of halogens is 3. The predicted molar refractivity (Wildman–Crippen MR) is 105 cm³/mol. The molecule has 4 rings (SSSR count). The molecule has 31 heavy (non-hydrogen) atoms. The minimum Gasteiger partial charge on any atom is -0.475 e. The Morgan fingerprint density at radius 3 is 2.42 bits per heavy atom. The lowest BCUT2D eigenvalue weighted by molar-refractivity contribution is -0.192. The summed E-state index contributed by atoms with van der Waals surface area (Å²) in [4.78, 5) is 22.8. The van der Waals surface area contributed by atoms with Gasteiger partial charge in [-0.3, -0.25) is 9.58 Å². The van der Waals surface area contributed by atoms with Gasteiger partial charge >= 0.3 is 12.1 Å². The van der Waals surface area contributed by atoms with Crippen molar-refractivity contribution in [1.29, 1.82) is 0 Å². The third-order valence-electron chi connectivity index (χ3n) is 5.28. The standard InChI is InChI=1S/C17H24N6O.C2HF3O2/c1-21-13-14(12-20-21)11-16-15(22-7-9-24-10-8-22)3-6-23(16)17-18-4-2-5-19-17;3-2(4,5)1(6)7/h2,4-5,12-13,15-16H,3,6-11H2,1H3;(H,6,7)/t15-,16+;/m1./s1. The molecule has 0 aliphatic carbocycles.